The molecule has 2 aliphatic rings. The molecule has 2 heterocycles. The number of benzene rings is 3. The fourth-order valence-electron chi connectivity index (χ4n) is 6.53. The minimum absolute atomic E-state index is 0.0192. The Morgan fingerprint density at radius 2 is 1.68 bits per heavy atom. The van der Waals surface area contributed by atoms with E-state index in [1.165, 1.54) is 63.2 Å². The Labute approximate surface area is 291 Å². The smallest absolute Gasteiger partial charge is 0.497 e. The number of hydrogen-bond acceptors (Lipinski definition) is 10. The lowest BCUT2D eigenvalue weighted by atomic mass is 9.80. The number of anilines is 1. The number of hydrogen-bond donors (Lipinski definition) is 0. The predicted octanol–water partition coefficient (Wildman–Crippen LogP) is 4.64. The fourth-order valence-corrected chi connectivity index (χ4v) is 8.27. The molecule has 5 rings (SSSR count). The van der Waals surface area contributed by atoms with Crippen LogP contribution in [0.4, 0.5) is 18.9 Å². The molecule has 12 nitrogen and oxygen atoms in total. The number of halogens is 4. The van der Waals surface area contributed by atoms with Crippen LogP contribution in [0.5, 0.6) is 17.2 Å². The SMILES string of the molecule is COc1ccc(S(=O)(=O)N2C(=O)C(c3cc(C)ccc3OC)(N3C[C@H](OC(C)=O)C[C@H]3C(=O)N(C)C)c3cc(Cl)ccc32)c(OC(F)(F)F)c1. The topological polar surface area (TPSA) is 132 Å². The average molecular weight is 740 g/mol. The summed E-state index contributed by atoms with van der Waals surface area (Å²) in [6.07, 6.45) is -6.33. The Bertz CT molecular complexity index is 1980. The van der Waals surface area contributed by atoms with E-state index in [0.717, 1.165) is 18.2 Å². The van der Waals surface area contributed by atoms with E-state index in [1.807, 2.05) is 0 Å². The number of alkyl halides is 3. The maximum atomic E-state index is 15.5. The summed E-state index contributed by atoms with van der Waals surface area (Å²) < 4.78 is 91.0. The van der Waals surface area contributed by atoms with Gasteiger partial charge in [-0.2, -0.15) is 0 Å². The molecule has 3 atom stereocenters. The molecule has 0 aromatic heterocycles. The Morgan fingerprint density at radius 3 is 2.28 bits per heavy atom. The van der Waals surface area contributed by atoms with Gasteiger partial charge in [-0.1, -0.05) is 23.2 Å². The van der Waals surface area contributed by atoms with Crippen LogP contribution in [0.15, 0.2) is 59.5 Å². The Balaban J connectivity index is 1.88. The molecule has 0 aliphatic carbocycles. The fraction of sp³-hybridized carbons (Fsp3) is 0.364. The zero-order valence-corrected chi connectivity index (χ0v) is 29.3. The number of carbonyl (C=O) groups is 3. The summed E-state index contributed by atoms with van der Waals surface area (Å²) in [6, 6.07) is 10.2. The summed E-state index contributed by atoms with van der Waals surface area (Å²) >= 11 is 6.52. The average Bonchev–Trinajstić information content (AvgIpc) is 3.55. The van der Waals surface area contributed by atoms with Gasteiger partial charge in [-0.25, -0.2) is 12.7 Å². The highest BCUT2D eigenvalue weighted by Gasteiger charge is 2.64. The van der Waals surface area contributed by atoms with Crippen LogP contribution in [0.1, 0.15) is 30.0 Å². The van der Waals surface area contributed by atoms with Gasteiger partial charge in [0.2, 0.25) is 5.91 Å². The highest BCUT2D eigenvalue weighted by Crippen LogP contribution is 2.55. The Hall–Kier alpha value is -4.54. The second kappa shape index (κ2) is 13.3. The van der Waals surface area contributed by atoms with Gasteiger partial charge in [0.1, 0.15) is 22.5 Å². The molecular weight excluding hydrogens is 707 g/mol. The zero-order chi connectivity index (χ0) is 36.9. The number of esters is 1. The number of methoxy groups -OCH3 is 2. The first kappa shape index (κ1) is 36.7. The van der Waals surface area contributed by atoms with Crippen LogP contribution >= 0.6 is 11.6 Å². The van der Waals surface area contributed by atoms with Crippen molar-refractivity contribution in [3.8, 4) is 17.2 Å². The second-order valence-electron chi connectivity index (χ2n) is 11.9. The number of likely N-dealkylation sites (tertiary alicyclic amines) is 1. The molecular formula is C33H33ClF3N3O9S. The molecule has 0 radical (unpaired) electrons. The number of rotatable bonds is 9. The number of carbonyl (C=O) groups excluding carboxylic acids is 3. The summed E-state index contributed by atoms with van der Waals surface area (Å²) in [5.74, 6) is -3.53. The lowest BCUT2D eigenvalue weighted by Gasteiger charge is -2.42. The van der Waals surface area contributed by atoms with Crippen LogP contribution in [0.2, 0.25) is 5.02 Å². The number of fused-ring (bicyclic) bond motifs is 1. The molecule has 50 heavy (non-hydrogen) atoms. The number of amides is 2. The van der Waals surface area contributed by atoms with Crippen LogP contribution in [0, 0.1) is 6.92 Å². The number of ether oxygens (including phenoxy) is 4. The highest BCUT2D eigenvalue weighted by molar-refractivity contribution is 7.93. The summed E-state index contributed by atoms with van der Waals surface area (Å²) in [5.41, 5.74) is -1.79. The zero-order valence-electron chi connectivity index (χ0n) is 27.7. The molecule has 3 aromatic rings. The van der Waals surface area contributed by atoms with Gasteiger partial charge in [-0.3, -0.25) is 19.3 Å². The van der Waals surface area contributed by atoms with E-state index in [4.69, 9.17) is 25.8 Å². The van der Waals surface area contributed by atoms with Crippen molar-refractivity contribution in [1.82, 2.24) is 9.80 Å². The summed E-state index contributed by atoms with van der Waals surface area (Å²) in [4.78, 5) is 43.2. The molecule has 0 bridgehead atoms. The third-order valence-corrected chi connectivity index (χ3v) is 10.4. The van der Waals surface area contributed by atoms with Crippen LogP contribution in [-0.2, 0) is 34.7 Å². The first-order valence-electron chi connectivity index (χ1n) is 15.0. The monoisotopic (exact) mass is 739 g/mol. The van der Waals surface area contributed by atoms with E-state index in [1.54, 1.807) is 25.1 Å². The molecule has 1 fully saturated rings. The van der Waals surface area contributed by atoms with Gasteiger partial charge in [-0.15, -0.1) is 13.2 Å². The van der Waals surface area contributed by atoms with Crippen LogP contribution in [-0.4, -0.2) is 89.4 Å². The molecule has 17 heteroatoms. The van der Waals surface area contributed by atoms with Gasteiger partial charge in [0.25, 0.3) is 15.9 Å². The van der Waals surface area contributed by atoms with Gasteiger partial charge < -0.3 is 23.8 Å². The van der Waals surface area contributed by atoms with E-state index < -0.39 is 62.5 Å². The number of aryl methyl sites for hydroxylation is 1. The Morgan fingerprint density at radius 1 is 0.980 bits per heavy atom. The lowest BCUT2D eigenvalue weighted by molar-refractivity contribution is -0.275. The van der Waals surface area contributed by atoms with E-state index in [0.29, 0.717) is 9.87 Å². The molecule has 0 saturated carbocycles. The number of likely N-dealkylation sites (N-methyl/N-ethyl adjacent to an activating group) is 1. The Kier molecular flexibility index (Phi) is 9.77. The van der Waals surface area contributed by atoms with Gasteiger partial charge in [0, 0.05) is 56.2 Å². The van der Waals surface area contributed by atoms with Crippen LogP contribution < -0.4 is 18.5 Å². The van der Waals surface area contributed by atoms with Gasteiger partial charge in [0.15, 0.2) is 11.3 Å². The van der Waals surface area contributed by atoms with Crippen molar-refractivity contribution >= 4 is 45.1 Å². The molecule has 1 saturated heterocycles. The molecule has 0 spiro atoms. The van der Waals surface area contributed by atoms with E-state index in [9.17, 15) is 31.2 Å². The molecule has 268 valence electrons. The molecule has 3 aromatic carbocycles. The molecule has 2 aliphatic heterocycles. The largest absolute Gasteiger partial charge is 0.573 e. The molecule has 2 amide bonds. The van der Waals surface area contributed by atoms with Gasteiger partial charge >= 0.3 is 12.3 Å². The maximum absolute atomic E-state index is 15.5. The molecule has 1 unspecified atom stereocenters. The summed E-state index contributed by atoms with van der Waals surface area (Å²) in [7, 11) is 0.224. The van der Waals surface area contributed by atoms with Crippen molar-refractivity contribution in [3.05, 3.63) is 76.3 Å². The quantitative estimate of drug-likeness (QED) is 0.286. The normalized spacial score (nSPS) is 20.8. The van der Waals surface area contributed by atoms with Crippen molar-refractivity contribution in [2.75, 3.05) is 39.2 Å². The predicted molar refractivity (Wildman–Crippen MR) is 174 cm³/mol. The standard InChI is InChI=1S/C33H33ClF3N3O9S/c1-18-7-11-27(47-6)24(13-18)32(39-17-22(48-19(2)41)15-26(39)30(42)38(3)4)23-14-20(34)8-10-25(23)40(31(32)43)50(44,45)29-12-9-21(46-5)16-28(29)49-33(35,36)37/h7-14,16,22,26H,15,17H2,1-6H3/t22-,26+,32?/m1/s1. The molecule has 0 N–H and O–H groups in total. The van der Waals surface area contributed by atoms with Gasteiger partial charge in [0.05, 0.1) is 25.9 Å². The first-order chi connectivity index (χ1) is 23.4. The summed E-state index contributed by atoms with van der Waals surface area (Å²) in [6.45, 7) is 2.66. The number of sulfonamides is 1. The highest BCUT2D eigenvalue weighted by atomic mass is 35.5. The lowest BCUT2D eigenvalue weighted by Crippen LogP contribution is -2.59. The first-order valence-corrected chi connectivity index (χ1v) is 16.8. The van der Waals surface area contributed by atoms with Crippen LogP contribution in [0.25, 0.3) is 0 Å². The number of nitrogens with zero attached hydrogens (tertiary/aromatic N) is 3. The van der Waals surface area contributed by atoms with Crippen molar-refractivity contribution in [1.29, 1.82) is 0 Å². The van der Waals surface area contributed by atoms with Crippen molar-refractivity contribution in [2.24, 2.45) is 0 Å². The maximum Gasteiger partial charge on any atom is 0.573 e. The van der Waals surface area contributed by atoms with Gasteiger partial charge in [-0.05, 0) is 49.4 Å². The summed E-state index contributed by atoms with van der Waals surface area (Å²) in [5, 5.41) is 0.0727. The third-order valence-electron chi connectivity index (χ3n) is 8.45. The van der Waals surface area contributed by atoms with Crippen molar-refractivity contribution in [3.63, 3.8) is 0 Å². The van der Waals surface area contributed by atoms with E-state index in [2.05, 4.69) is 4.74 Å². The van der Waals surface area contributed by atoms with E-state index >= 15 is 4.79 Å². The minimum Gasteiger partial charge on any atom is -0.497 e. The third kappa shape index (κ3) is 6.31. The minimum atomic E-state index is -5.32. The van der Waals surface area contributed by atoms with Crippen molar-refractivity contribution in [2.45, 2.75) is 49.2 Å². The van der Waals surface area contributed by atoms with Crippen LogP contribution in [0.3, 0.4) is 0 Å². The van der Waals surface area contributed by atoms with Crippen molar-refractivity contribution < 1.29 is 54.9 Å². The second-order valence-corrected chi connectivity index (χ2v) is 14.1. The van der Waals surface area contributed by atoms with E-state index in [-0.39, 0.29) is 46.3 Å².